The zero-order valence-corrected chi connectivity index (χ0v) is 7.67. The van der Waals surface area contributed by atoms with Gasteiger partial charge in [0.2, 0.25) is 0 Å². The quantitative estimate of drug-likeness (QED) is 0.741. The molecule has 0 saturated carbocycles. The molecule has 0 radical (unpaired) electrons. The summed E-state index contributed by atoms with van der Waals surface area (Å²) in [5.74, 6) is 0.257. The Labute approximate surface area is 79.4 Å². The summed E-state index contributed by atoms with van der Waals surface area (Å²) >= 11 is 1.47. The lowest BCUT2D eigenvalue weighted by molar-refractivity contribution is -0.107. The van der Waals surface area contributed by atoms with E-state index in [0.717, 1.165) is 21.2 Å². The van der Waals surface area contributed by atoms with Gasteiger partial charge in [0.15, 0.2) is 0 Å². The first-order valence-corrected chi connectivity index (χ1v) is 4.77. The van der Waals surface area contributed by atoms with Crippen LogP contribution < -0.4 is 0 Å². The molecule has 0 unspecified atom stereocenters. The van der Waals surface area contributed by atoms with Crippen LogP contribution in [0.2, 0.25) is 0 Å². The van der Waals surface area contributed by atoms with Gasteiger partial charge in [0.05, 0.1) is 4.88 Å². The maximum Gasteiger partial charge on any atom is 0.137 e. The lowest BCUT2D eigenvalue weighted by Crippen LogP contribution is -1.78. The van der Waals surface area contributed by atoms with E-state index < -0.39 is 0 Å². The fourth-order valence-corrected chi connectivity index (χ4v) is 2.34. The van der Waals surface area contributed by atoms with Crippen molar-refractivity contribution >= 4 is 27.7 Å². The summed E-state index contributed by atoms with van der Waals surface area (Å²) in [5.41, 5.74) is 0. The van der Waals surface area contributed by atoms with Crippen LogP contribution in [0.1, 0.15) is 4.88 Å². The van der Waals surface area contributed by atoms with E-state index in [1.807, 2.05) is 24.3 Å². The topological polar surface area (TPSA) is 37.3 Å². The highest BCUT2D eigenvalue weighted by Crippen LogP contribution is 2.36. The van der Waals surface area contributed by atoms with Crippen LogP contribution in [0.25, 0.3) is 10.1 Å². The molecule has 1 aromatic carbocycles. The van der Waals surface area contributed by atoms with Crippen LogP contribution in [-0.4, -0.2) is 11.4 Å². The molecule has 0 saturated heterocycles. The lowest BCUT2D eigenvalue weighted by atomic mass is 10.2. The summed E-state index contributed by atoms with van der Waals surface area (Å²) in [6, 6.07) is 7.59. The smallest absolute Gasteiger partial charge is 0.137 e. The molecule has 2 aromatic rings. The monoisotopic (exact) mass is 192 g/mol. The Hall–Kier alpha value is -1.35. The first-order valence-electron chi connectivity index (χ1n) is 3.96. The molecule has 2 nitrogen and oxygen atoms in total. The summed E-state index contributed by atoms with van der Waals surface area (Å²) in [7, 11) is 0. The van der Waals surface area contributed by atoms with Gasteiger partial charge in [0.1, 0.15) is 12.0 Å². The number of aldehydes is 1. The average molecular weight is 192 g/mol. The lowest BCUT2D eigenvalue weighted by Gasteiger charge is -1.89. The molecule has 0 amide bonds. The van der Waals surface area contributed by atoms with E-state index >= 15 is 0 Å². The molecular weight excluding hydrogens is 184 g/mol. The van der Waals surface area contributed by atoms with Crippen LogP contribution in [0.5, 0.6) is 5.75 Å². The van der Waals surface area contributed by atoms with Gasteiger partial charge in [-0.25, -0.2) is 0 Å². The van der Waals surface area contributed by atoms with Gasteiger partial charge in [0, 0.05) is 16.5 Å². The molecule has 0 atom stereocenters. The molecular formula is C10H8O2S. The van der Waals surface area contributed by atoms with E-state index in [4.69, 9.17) is 0 Å². The van der Waals surface area contributed by atoms with Crippen molar-refractivity contribution in [2.45, 2.75) is 6.42 Å². The molecule has 0 fully saturated rings. The van der Waals surface area contributed by atoms with Crippen molar-refractivity contribution in [1.82, 2.24) is 0 Å². The Morgan fingerprint density at radius 3 is 2.85 bits per heavy atom. The fraction of sp³-hybridized carbons (Fsp3) is 0.100. The van der Waals surface area contributed by atoms with E-state index in [1.165, 1.54) is 11.3 Å². The number of carbonyl (C=O) groups excluding carboxylic acids is 1. The summed E-state index contributed by atoms with van der Waals surface area (Å²) in [5, 5.41) is 10.5. The highest BCUT2D eigenvalue weighted by Gasteiger charge is 2.08. The Morgan fingerprint density at radius 1 is 1.38 bits per heavy atom. The number of aromatic hydroxyl groups is 1. The summed E-state index contributed by atoms with van der Waals surface area (Å²) in [6.07, 6.45) is 1.11. The van der Waals surface area contributed by atoms with Gasteiger partial charge >= 0.3 is 0 Å². The zero-order valence-electron chi connectivity index (χ0n) is 6.86. The average Bonchev–Trinajstić information content (AvgIpc) is 2.46. The minimum atomic E-state index is 0.257. The molecule has 0 aliphatic heterocycles. The highest BCUT2D eigenvalue weighted by atomic mass is 32.1. The molecule has 3 heteroatoms. The molecule has 1 aromatic heterocycles. The second-order valence-corrected chi connectivity index (χ2v) is 3.88. The molecule has 0 bridgehead atoms. The molecule has 66 valence electrons. The number of thiophene rings is 1. The van der Waals surface area contributed by atoms with Gasteiger partial charge in [-0.05, 0) is 12.1 Å². The zero-order chi connectivity index (χ0) is 9.26. The SMILES string of the molecule is O=CCc1sc2ccccc2c1O. The van der Waals surface area contributed by atoms with E-state index in [1.54, 1.807) is 0 Å². The van der Waals surface area contributed by atoms with Crippen molar-refractivity contribution in [3.8, 4) is 5.75 Å². The first kappa shape index (κ1) is 8.26. The van der Waals surface area contributed by atoms with Crippen molar-refractivity contribution < 1.29 is 9.90 Å². The van der Waals surface area contributed by atoms with Crippen molar-refractivity contribution in [3.63, 3.8) is 0 Å². The summed E-state index contributed by atoms with van der Waals surface area (Å²) in [6.45, 7) is 0. The third kappa shape index (κ3) is 1.31. The Morgan fingerprint density at radius 2 is 2.15 bits per heavy atom. The maximum absolute atomic E-state index is 10.3. The van der Waals surface area contributed by atoms with Crippen LogP contribution in [0.4, 0.5) is 0 Å². The van der Waals surface area contributed by atoms with E-state index in [-0.39, 0.29) is 5.75 Å². The third-order valence-corrected chi connectivity index (χ3v) is 3.09. The van der Waals surface area contributed by atoms with Gasteiger partial charge in [-0.3, -0.25) is 0 Å². The third-order valence-electron chi connectivity index (χ3n) is 1.91. The van der Waals surface area contributed by atoms with Crippen LogP contribution in [-0.2, 0) is 11.2 Å². The molecule has 13 heavy (non-hydrogen) atoms. The van der Waals surface area contributed by atoms with Crippen molar-refractivity contribution in [1.29, 1.82) is 0 Å². The molecule has 2 rings (SSSR count). The normalized spacial score (nSPS) is 10.5. The number of hydrogen-bond donors (Lipinski definition) is 1. The molecule has 1 N–H and O–H groups in total. The van der Waals surface area contributed by atoms with Gasteiger partial charge in [0.25, 0.3) is 0 Å². The van der Waals surface area contributed by atoms with Gasteiger partial charge in [-0.1, -0.05) is 12.1 Å². The van der Waals surface area contributed by atoms with Crippen molar-refractivity contribution in [2.75, 3.05) is 0 Å². The van der Waals surface area contributed by atoms with Crippen molar-refractivity contribution in [2.24, 2.45) is 0 Å². The predicted octanol–water partition coefficient (Wildman–Crippen LogP) is 2.35. The van der Waals surface area contributed by atoms with E-state index in [9.17, 15) is 9.90 Å². The number of carbonyl (C=O) groups is 1. The number of fused-ring (bicyclic) bond motifs is 1. The molecule has 0 aliphatic carbocycles. The van der Waals surface area contributed by atoms with E-state index in [0.29, 0.717) is 6.42 Å². The fourth-order valence-electron chi connectivity index (χ4n) is 1.30. The number of hydrogen-bond acceptors (Lipinski definition) is 3. The van der Waals surface area contributed by atoms with E-state index in [2.05, 4.69) is 0 Å². The number of benzene rings is 1. The standard InChI is InChI=1S/C10H8O2S/c11-6-5-9-10(12)7-3-1-2-4-8(7)13-9/h1-4,6,12H,5H2. The van der Waals surface area contributed by atoms with Crippen LogP contribution in [0.15, 0.2) is 24.3 Å². The first-order chi connectivity index (χ1) is 6.33. The molecule has 0 spiro atoms. The Balaban J connectivity index is 2.66. The van der Waals surface area contributed by atoms with Crippen LogP contribution in [0.3, 0.4) is 0 Å². The van der Waals surface area contributed by atoms with Crippen LogP contribution >= 0.6 is 11.3 Å². The van der Waals surface area contributed by atoms with Gasteiger partial charge < -0.3 is 9.90 Å². The summed E-state index contributed by atoms with van der Waals surface area (Å²) in [4.78, 5) is 11.0. The minimum Gasteiger partial charge on any atom is -0.506 e. The molecule has 1 heterocycles. The Bertz CT molecular complexity index is 445. The largest absolute Gasteiger partial charge is 0.506 e. The molecule has 0 aliphatic rings. The highest BCUT2D eigenvalue weighted by molar-refractivity contribution is 7.19. The minimum absolute atomic E-state index is 0.257. The summed E-state index contributed by atoms with van der Waals surface area (Å²) < 4.78 is 1.02. The van der Waals surface area contributed by atoms with Crippen LogP contribution in [0, 0.1) is 0 Å². The second kappa shape index (κ2) is 3.18. The van der Waals surface area contributed by atoms with Gasteiger partial charge in [-0.15, -0.1) is 11.3 Å². The number of rotatable bonds is 2. The predicted molar refractivity (Wildman–Crippen MR) is 53.3 cm³/mol. The maximum atomic E-state index is 10.3. The van der Waals surface area contributed by atoms with Gasteiger partial charge in [-0.2, -0.15) is 0 Å². The Kier molecular flexibility index (Phi) is 2.02. The second-order valence-electron chi connectivity index (χ2n) is 2.74. The van der Waals surface area contributed by atoms with Crippen molar-refractivity contribution in [3.05, 3.63) is 29.1 Å².